The van der Waals surface area contributed by atoms with Crippen molar-refractivity contribution in [2.45, 2.75) is 19.6 Å². The van der Waals surface area contributed by atoms with Gasteiger partial charge in [0.2, 0.25) is 0 Å². The summed E-state index contributed by atoms with van der Waals surface area (Å²) in [5, 5.41) is 12.8. The predicted molar refractivity (Wildman–Crippen MR) is 136 cm³/mol. The second-order valence-corrected chi connectivity index (χ2v) is 9.05. The number of aromatic carboxylic acids is 1. The molecule has 3 aromatic carbocycles. The lowest BCUT2D eigenvalue weighted by Crippen LogP contribution is -2.17. The zero-order chi connectivity index (χ0) is 25.1. The Morgan fingerprint density at radius 3 is 2.26 bits per heavy atom. The van der Waals surface area contributed by atoms with Gasteiger partial charge in [-0.2, -0.15) is 0 Å². The molecule has 0 saturated heterocycles. The first-order valence-electron chi connectivity index (χ1n) is 10.7. The summed E-state index contributed by atoms with van der Waals surface area (Å²) in [6.45, 7) is 3.93. The minimum atomic E-state index is -2.10. The van der Waals surface area contributed by atoms with E-state index in [4.69, 9.17) is 4.55 Å². The first-order valence-corrected chi connectivity index (χ1v) is 12.0. The Balaban J connectivity index is 1.84. The molecule has 9 heteroatoms. The predicted octanol–water partition coefficient (Wildman–Crippen LogP) is 4.62. The Bertz CT molecular complexity index is 1500. The van der Waals surface area contributed by atoms with Gasteiger partial charge in [0.15, 0.2) is 11.1 Å². The average Bonchev–Trinajstić information content (AvgIpc) is 3.14. The third-order valence-corrected chi connectivity index (χ3v) is 6.05. The maximum atomic E-state index is 13.4. The minimum absolute atomic E-state index is 0.127. The topological polar surface area (TPSA) is 125 Å². The van der Waals surface area contributed by atoms with Crippen molar-refractivity contribution in [3.05, 3.63) is 105 Å². The number of aromatic amines is 1. The fraction of sp³-hybridized carbons (Fsp3) is 0.115. The molecule has 0 fully saturated rings. The van der Waals surface area contributed by atoms with Crippen LogP contribution in [0.25, 0.3) is 16.9 Å². The van der Waals surface area contributed by atoms with E-state index < -0.39 is 17.0 Å². The number of carboxylic acid groups (broad SMARTS) is 1. The first kappa shape index (κ1) is 24.1. The number of H-pyrrole nitrogens is 1. The summed E-state index contributed by atoms with van der Waals surface area (Å²) in [7, 11) is 0. The zero-order valence-corrected chi connectivity index (χ0v) is 19.9. The molecule has 0 aliphatic rings. The van der Waals surface area contributed by atoms with E-state index in [1.807, 2.05) is 62.4 Å². The van der Waals surface area contributed by atoms with E-state index in [-0.39, 0.29) is 28.1 Å². The van der Waals surface area contributed by atoms with E-state index in [1.54, 1.807) is 0 Å². The van der Waals surface area contributed by atoms with Gasteiger partial charge in [-0.05, 0) is 43.7 Å². The number of benzene rings is 3. The van der Waals surface area contributed by atoms with Crippen LogP contribution in [0.3, 0.4) is 0 Å². The zero-order valence-electron chi connectivity index (χ0n) is 19.1. The Morgan fingerprint density at radius 1 is 1.03 bits per heavy atom. The molecule has 0 spiro atoms. The van der Waals surface area contributed by atoms with Gasteiger partial charge in [0.1, 0.15) is 0 Å². The molecule has 1 unspecified atom stereocenters. The largest absolute Gasteiger partial charge is 0.478 e. The number of carbonyl (C=O) groups is 1. The summed E-state index contributed by atoms with van der Waals surface area (Å²) in [4.78, 5) is 29.5. The molecule has 0 saturated carbocycles. The number of hydrogen-bond donors (Lipinski definition) is 3. The molecule has 0 bridgehead atoms. The van der Waals surface area contributed by atoms with Crippen molar-refractivity contribution in [2.75, 3.05) is 0 Å². The highest BCUT2D eigenvalue weighted by Gasteiger charge is 2.17. The normalized spacial score (nSPS) is 12.2. The summed E-state index contributed by atoms with van der Waals surface area (Å²) in [6, 6.07) is 19.4. The lowest BCUT2D eigenvalue weighted by Gasteiger charge is -2.04. The fourth-order valence-electron chi connectivity index (χ4n) is 3.62. The van der Waals surface area contributed by atoms with Crippen LogP contribution in [-0.2, 0) is 16.8 Å². The van der Waals surface area contributed by atoms with Crippen molar-refractivity contribution < 1.29 is 18.7 Å². The number of aliphatic imine (C=N–C) groups is 1. The number of nitrogens with one attached hydrogen (secondary N) is 1. The Labute approximate surface area is 203 Å². The highest BCUT2D eigenvalue weighted by atomic mass is 32.2. The minimum Gasteiger partial charge on any atom is -0.478 e. The second-order valence-electron chi connectivity index (χ2n) is 8.12. The Kier molecular flexibility index (Phi) is 6.90. The monoisotopic (exact) mass is 489 g/mol. The fourth-order valence-corrected chi connectivity index (χ4v) is 4.08. The van der Waals surface area contributed by atoms with Gasteiger partial charge in [-0.15, -0.1) is 0 Å². The van der Waals surface area contributed by atoms with Crippen LogP contribution in [0, 0.1) is 13.8 Å². The molecule has 0 aliphatic carbocycles. The van der Waals surface area contributed by atoms with E-state index in [0.717, 1.165) is 16.7 Å². The van der Waals surface area contributed by atoms with E-state index >= 15 is 0 Å². The number of nitrogens with zero attached hydrogens (tertiary/aromatic N) is 2. The maximum Gasteiger partial charge on any atom is 0.337 e. The molecule has 4 rings (SSSR count). The summed E-state index contributed by atoms with van der Waals surface area (Å²) in [5.41, 5.74) is 4.43. The first-order chi connectivity index (χ1) is 16.7. The SMILES string of the molecule is Cc1ccc(-c2[nH]n(-c3ccc(C)cc3)c(=O)c2C=Nc2ccc(CS(=O)O)cc2C(=O)O)cc1. The molecule has 35 heavy (non-hydrogen) atoms. The molecular formula is C26H23N3O5S. The molecule has 0 amide bonds. The maximum absolute atomic E-state index is 13.4. The highest BCUT2D eigenvalue weighted by Crippen LogP contribution is 2.24. The van der Waals surface area contributed by atoms with E-state index in [0.29, 0.717) is 16.9 Å². The molecule has 4 aromatic rings. The van der Waals surface area contributed by atoms with Crippen molar-refractivity contribution in [1.29, 1.82) is 0 Å². The van der Waals surface area contributed by atoms with Crippen molar-refractivity contribution in [1.82, 2.24) is 9.78 Å². The van der Waals surface area contributed by atoms with Crippen LogP contribution in [0.15, 0.2) is 76.5 Å². The number of hydrogen-bond acceptors (Lipinski definition) is 4. The summed E-state index contributed by atoms with van der Waals surface area (Å²) < 4.78 is 21.6. The number of aromatic nitrogens is 2. The van der Waals surface area contributed by atoms with Crippen LogP contribution in [0.2, 0.25) is 0 Å². The number of aryl methyl sites for hydroxylation is 2. The molecule has 1 heterocycles. The third-order valence-electron chi connectivity index (χ3n) is 5.47. The third kappa shape index (κ3) is 5.37. The molecule has 178 valence electrons. The average molecular weight is 490 g/mol. The van der Waals surface area contributed by atoms with Gasteiger partial charge < -0.3 is 9.66 Å². The van der Waals surface area contributed by atoms with Crippen molar-refractivity contribution in [3.8, 4) is 16.9 Å². The standard InChI is InChI=1S/C26H23N3O5S/c1-16-3-8-19(9-4-16)24-22(25(30)29(28-24)20-10-5-17(2)6-11-20)14-27-23-12-7-18(15-35(33)34)13-21(23)26(31)32/h3-14,28H,15H2,1-2H3,(H,31,32)(H,33,34). The smallest absolute Gasteiger partial charge is 0.337 e. The number of carboxylic acids is 1. The molecule has 0 aliphatic heterocycles. The molecule has 8 nitrogen and oxygen atoms in total. The summed E-state index contributed by atoms with van der Waals surface area (Å²) in [5.74, 6) is -1.42. The van der Waals surface area contributed by atoms with E-state index in [1.165, 1.54) is 29.1 Å². The molecular weight excluding hydrogens is 466 g/mol. The summed E-state index contributed by atoms with van der Waals surface area (Å²) in [6.07, 6.45) is 1.35. The van der Waals surface area contributed by atoms with Gasteiger partial charge in [-0.1, -0.05) is 53.6 Å². The van der Waals surface area contributed by atoms with Crippen molar-refractivity contribution in [2.24, 2.45) is 4.99 Å². The van der Waals surface area contributed by atoms with Gasteiger partial charge in [0, 0.05) is 11.8 Å². The lowest BCUT2D eigenvalue weighted by atomic mass is 10.1. The van der Waals surface area contributed by atoms with Gasteiger partial charge in [0.05, 0.1) is 33.9 Å². The van der Waals surface area contributed by atoms with Gasteiger partial charge in [0.25, 0.3) is 5.56 Å². The van der Waals surface area contributed by atoms with Crippen LogP contribution in [-0.4, -0.2) is 35.8 Å². The Hall–Kier alpha value is -4.08. The van der Waals surface area contributed by atoms with Gasteiger partial charge >= 0.3 is 5.97 Å². The Morgan fingerprint density at radius 2 is 1.66 bits per heavy atom. The van der Waals surface area contributed by atoms with Crippen LogP contribution < -0.4 is 5.56 Å². The molecule has 1 aromatic heterocycles. The van der Waals surface area contributed by atoms with E-state index in [2.05, 4.69) is 10.1 Å². The lowest BCUT2D eigenvalue weighted by molar-refractivity contribution is 0.0697. The molecule has 3 N–H and O–H groups in total. The van der Waals surface area contributed by atoms with Gasteiger partial charge in [-0.3, -0.25) is 14.9 Å². The van der Waals surface area contributed by atoms with Crippen LogP contribution in [0.5, 0.6) is 0 Å². The molecule has 1 atom stereocenters. The van der Waals surface area contributed by atoms with Crippen LogP contribution >= 0.6 is 0 Å². The quantitative estimate of drug-likeness (QED) is 0.258. The number of rotatable bonds is 7. The van der Waals surface area contributed by atoms with Crippen molar-refractivity contribution >= 4 is 29.0 Å². The van der Waals surface area contributed by atoms with Gasteiger partial charge in [-0.25, -0.2) is 13.7 Å². The van der Waals surface area contributed by atoms with Crippen LogP contribution in [0.1, 0.15) is 32.6 Å². The van der Waals surface area contributed by atoms with Crippen LogP contribution in [0.4, 0.5) is 5.69 Å². The second kappa shape index (κ2) is 10.0. The highest BCUT2D eigenvalue weighted by molar-refractivity contribution is 7.78. The van der Waals surface area contributed by atoms with Crippen molar-refractivity contribution in [3.63, 3.8) is 0 Å². The molecule has 0 radical (unpaired) electrons. The van der Waals surface area contributed by atoms with E-state index in [9.17, 15) is 18.9 Å². The summed E-state index contributed by atoms with van der Waals surface area (Å²) >= 11 is -2.10.